The van der Waals surface area contributed by atoms with Gasteiger partial charge in [0.1, 0.15) is 10.6 Å². The summed E-state index contributed by atoms with van der Waals surface area (Å²) in [4.78, 5) is 18.7. The lowest BCUT2D eigenvalue weighted by Gasteiger charge is -2.38. The molecule has 9 nitrogen and oxygen atoms in total. The van der Waals surface area contributed by atoms with Crippen LogP contribution in [0.5, 0.6) is 5.75 Å². The summed E-state index contributed by atoms with van der Waals surface area (Å²) in [7, 11) is -2.46. The van der Waals surface area contributed by atoms with E-state index in [9.17, 15) is 18.3 Å². The van der Waals surface area contributed by atoms with Crippen molar-refractivity contribution in [1.82, 2.24) is 4.90 Å². The van der Waals surface area contributed by atoms with Crippen LogP contribution in [0.1, 0.15) is 38.9 Å². The van der Waals surface area contributed by atoms with E-state index in [0.717, 1.165) is 31.4 Å². The number of hydrogen-bond donors (Lipinski definition) is 1. The largest absolute Gasteiger partial charge is 0.497 e. The number of halogens is 1. The summed E-state index contributed by atoms with van der Waals surface area (Å²) in [6, 6.07) is 22.2. The minimum Gasteiger partial charge on any atom is -0.497 e. The third-order valence-electron chi connectivity index (χ3n) is 8.69. The number of benzene rings is 3. The van der Waals surface area contributed by atoms with Gasteiger partial charge >= 0.3 is 0 Å². The van der Waals surface area contributed by atoms with Crippen molar-refractivity contribution < 1.29 is 27.8 Å². The van der Waals surface area contributed by atoms with Crippen molar-refractivity contribution >= 4 is 76.0 Å². The second-order valence-corrected chi connectivity index (χ2v) is 16.3. The highest BCUT2D eigenvalue weighted by molar-refractivity contribution is 9.10. The zero-order chi connectivity index (χ0) is 34.7. The number of anilines is 2. The van der Waals surface area contributed by atoms with Crippen molar-refractivity contribution in [3.05, 3.63) is 104 Å². The maximum Gasteiger partial charge on any atom is 0.265 e. The number of nitrogens with zero attached hydrogens (tertiary/aromatic N) is 3. The Labute approximate surface area is 303 Å². The summed E-state index contributed by atoms with van der Waals surface area (Å²) < 4.78 is 43.6. The zero-order valence-electron chi connectivity index (χ0n) is 27.5. The predicted molar refractivity (Wildman–Crippen MR) is 201 cm³/mol. The standard InChI is InChI=1S/C36H38BrN3O6S3/c1-4-46-36(42)33-24(2)28-23-27(12-13-32(28)48-33)49(43,44)40(16-14-25-8-7-9-26(22-25)45-3)31-11-6-5-10-30(31)38-17-19-39(20-18-38)35(41)34-29(37)15-21-47-34/h5-13,15,21-23,36,42H,4,14,16-20H2,1-3H3. The lowest BCUT2D eigenvalue weighted by Crippen LogP contribution is -2.49. The number of fused-ring (bicyclic) bond motifs is 1. The molecule has 1 aliphatic rings. The summed E-state index contributed by atoms with van der Waals surface area (Å²) >= 11 is 6.30. The van der Waals surface area contributed by atoms with Gasteiger partial charge < -0.3 is 24.4 Å². The number of aliphatic hydroxyl groups excluding tert-OH is 1. The van der Waals surface area contributed by atoms with E-state index in [2.05, 4.69) is 20.8 Å². The Hall–Kier alpha value is -3.46. The SMILES string of the molecule is CCOC(O)c1sc2ccc(S(=O)(=O)N(CCc3cccc(OC)c3)c3ccccc3N3CCN(C(=O)c4sccc4Br)CC3)cc2c1C. The first-order chi connectivity index (χ1) is 23.6. The maximum absolute atomic E-state index is 14.8. The number of sulfonamides is 1. The highest BCUT2D eigenvalue weighted by Crippen LogP contribution is 2.39. The summed E-state index contributed by atoms with van der Waals surface area (Å²) in [5.41, 5.74) is 3.10. The topological polar surface area (TPSA) is 99.6 Å². The summed E-state index contributed by atoms with van der Waals surface area (Å²) in [5, 5.41) is 13.2. The minimum atomic E-state index is -4.07. The molecule has 2 aromatic heterocycles. The molecule has 1 atom stereocenters. The third kappa shape index (κ3) is 7.38. The van der Waals surface area contributed by atoms with Gasteiger partial charge in [0.15, 0.2) is 6.29 Å². The number of carbonyl (C=O) groups excluding carboxylic acids is 1. The van der Waals surface area contributed by atoms with Gasteiger partial charge in [-0.05, 0) is 107 Å². The molecule has 5 aromatic rings. The monoisotopic (exact) mass is 783 g/mol. The first kappa shape index (κ1) is 35.4. The number of amides is 1. The first-order valence-electron chi connectivity index (χ1n) is 16.0. The van der Waals surface area contributed by atoms with Crippen molar-refractivity contribution in [2.45, 2.75) is 31.5 Å². The Morgan fingerprint density at radius 1 is 1.04 bits per heavy atom. The number of rotatable bonds is 12. The van der Waals surface area contributed by atoms with Gasteiger partial charge in [0.25, 0.3) is 15.9 Å². The van der Waals surface area contributed by atoms with Gasteiger partial charge in [-0.2, -0.15) is 0 Å². The van der Waals surface area contributed by atoms with E-state index >= 15 is 0 Å². The highest BCUT2D eigenvalue weighted by atomic mass is 79.9. The van der Waals surface area contributed by atoms with Crippen LogP contribution < -0.4 is 13.9 Å². The molecule has 258 valence electrons. The Balaban J connectivity index is 1.35. The molecule has 0 saturated carbocycles. The van der Waals surface area contributed by atoms with Crippen LogP contribution in [0.4, 0.5) is 11.4 Å². The van der Waals surface area contributed by atoms with Crippen LogP contribution in [0.25, 0.3) is 10.1 Å². The molecule has 3 aromatic carbocycles. The number of thiophene rings is 2. The molecule has 0 bridgehead atoms. The van der Waals surface area contributed by atoms with Crippen molar-refractivity contribution in [3.8, 4) is 5.75 Å². The predicted octanol–water partition coefficient (Wildman–Crippen LogP) is 7.47. The second kappa shape index (κ2) is 15.2. The van der Waals surface area contributed by atoms with E-state index in [-0.39, 0.29) is 17.3 Å². The molecule has 1 N–H and O–H groups in total. The van der Waals surface area contributed by atoms with Gasteiger partial charge in [-0.25, -0.2) is 8.42 Å². The van der Waals surface area contributed by atoms with Gasteiger partial charge in [0.2, 0.25) is 0 Å². The van der Waals surface area contributed by atoms with Crippen LogP contribution in [0.15, 0.2) is 87.5 Å². The number of para-hydroxylation sites is 2. The molecule has 1 aliphatic heterocycles. The first-order valence-corrected chi connectivity index (χ1v) is 19.9. The van der Waals surface area contributed by atoms with Crippen LogP contribution in [0, 0.1) is 6.92 Å². The molecule has 6 rings (SSSR count). The number of hydrogen-bond acceptors (Lipinski definition) is 9. The molecule has 1 fully saturated rings. The fourth-order valence-corrected chi connectivity index (χ4v) is 10.2. The molecular weight excluding hydrogens is 747 g/mol. The Morgan fingerprint density at radius 3 is 2.53 bits per heavy atom. The lowest BCUT2D eigenvalue weighted by molar-refractivity contribution is -0.0958. The Bertz CT molecular complexity index is 2060. The summed E-state index contributed by atoms with van der Waals surface area (Å²) in [5.74, 6) is 0.700. The molecule has 0 radical (unpaired) electrons. The molecular formula is C36H38BrN3O6S3. The van der Waals surface area contributed by atoms with Gasteiger partial charge in [-0.3, -0.25) is 9.10 Å². The highest BCUT2D eigenvalue weighted by Gasteiger charge is 2.31. The second-order valence-electron chi connectivity index (χ2n) is 11.6. The van der Waals surface area contributed by atoms with Crippen LogP contribution in [-0.2, 0) is 21.2 Å². The molecule has 49 heavy (non-hydrogen) atoms. The van der Waals surface area contributed by atoms with Crippen LogP contribution in [-0.4, -0.2) is 70.8 Å². The molecule has 0 aliphatic carbocycles. The normalized spacial score (nSPS) is 14.3. The van der Waals surface area contributed by atoms with Crippen molar-refractivity contribution in [2.24, 2.45) is 0 Å². The molecule has 3 heterocycles. The Kier molecular flexibility index (Phi) is 11.0. The summed E-state index contributed by atoms with van der Waals surface area (Å²) in [6.07, 6.45) is -0.621. The molecule has 13 heteroatoms. The summed E-state index contributed by atoms with van der Waals surface area (Å²) in [6.45, 7) is 6.37. The maximum atomic E-state index is 14.8. The Morgan fingerprint density at radius 2 is 1.82 bits per heavy atom. The van der Waals surface area contributed by atoms with Gasteiger partial charge in [0.05, 0.1) is 28.3 Å². The van der Waals surface area contributed by atoms with Crippen LogP contribution in [0.3, 0.4) is 0 Å². The molecule has 1 unspecified atom stereocenters. The number of ether oxygens (including phenoxy) is 2. The van der Waals surface area contributed by atoms with Crippen LogP contribution in [0.2, 0.25) is 0 Å². The van der Waals surface area contributed by atoms with E-state index in [1.165, 1.54) is 27.0 Å². The molecule has 1 saturated heterocycles. The van der Waals surface area contributed by atoms with Crippen LogP contribution >= 0.6 is 38.6 Å². The number of carbonyl (C=O) groups is 1. The number of aliphatic hydroxyl groups is 1. The van der Waals surface area contributed by atoms with Crippen molar-refractivity contribution in [3.63, 3.8) is 0 Å². The lowest BCUT2D eigenvalue weighted by atomic mass is 10.1. The number of aryl methyl sites for hydroxylation is 1. The average molecular weight is 785 g/mol. The van der Waals surface area contributed by atoms with Gasteiger partial charge in [0, 0.05) is 48.5 Å². The molecule has 1 amide bonds. The minimum absolute atomic E-state index is 0.00616. The fraction of sp³-hybridized carbons (Fsp3) is 0.306. The number of methoxy groups -OCH3 is 1. The third-order valence-corrected chi connectivity index (χ3v) is 13.6. The quantitative estimate of drug-likeness (QED) is 0.131. The fourth-order valence-electron chi connectivity index (χ4n) is 6.09. The van der Waals surface area contributed by atoms with E-state index in [4.69, 9.17) is 9.47 Å². The molecule has 0 spiro atoms. The average Bonchev–Trinajstić information content (AvgIpc) is 3.70. The van der Waals surface area contributed by atoms with Gasteiger partial charge in [-0.15, -0.1) is 22.7 Å². The van der Waals surface area contributed by atoms with Gasteiger partial charge in [-0.1, -0.05) is 24.3 Å². The van der Waals surface area contributed by atoms with E-state index in [1.807, 2.05) is 78.7 Å². The zero-order valence-corrected chi connectivity index (χ0v) is 31.5. The smallest absolute Gasteiger partial charge is 0.265 e. The van der Waals surface area contributed by atoms with E-state index in [0.29, 0.717) is 60.4 Å². The van der Waals surface area contributed by atoms with Crippen molar-refractivity contribution in [1.29, 1.82) is 0 Å². The number of piperazine rings is 1. The van der Waals surface area contributed by atoms with E-state index in [1.54, 1.807) is 25.3 Å². The van der Waals surface area contributed by atoms with Crippen molar-refractivity contribution in [2.75, 3.05) is 55.6 Å². The van der Waals surface area contributed by atoms with E-state index < -0.39 is 16.3 Å².